The fourth-order valence-corrected chi connectivity index (χ4v) is 4.14. The zero-order valence-corrected chi connectivity index (χ0v) is 17.1. The first-order valence-corrected chi connectivity index (χ1v) is 10.6. The summed E-state index contributed by atoms with van der Waals surface area (Å²) >= 11 is 0. The second kappa shape index (κ2) is 9.66. The van der Waals surface area contributed by atoms with Crippen LogP contribution in [0.1, 0.15) is 37.6 Å². The van der Waals surface area contributed by atoms with Gasteiger partial charge in [0.15, 0.2) is 0 Å². The predicted octanol–water partition coefficient (Wildman–Crippen LogP) is 3.90. The van der Waals surface area contributed by atoms with Crippen molar-refractivity contribution in [3.8, 4) is 5.75 Å². The molecule has 1 N–H and O–H groups in total. The summed E-state index contributed by atoms with van der Waals surface area (Å²) in [6.07, 6.45) is 0.731. The Kier molecular flexibility index (Phi) is 7.53. The minimum Gasteiger partial charge on any atom is -0.491 e. The first kappa shape index (κ1) is 21.8. The van der Waals surface area contributed by atoms with Gasteiger partial charge in [-0.15, -0.1) is 0 Å². The van der Waals surface area contributed by atoms with Gasteiger partial charge in [0.2, 0.25) is 10.0 Å². The van der Waals surface area contributed by atoms with Crippen molar-refractivity contribution in [2.45, 2.75) is 32.1 Å². The smallest absolute Gasteiger partial charge is 0.255 e. The number of anilines is 1. The lowest BCUT2D eigenvalue weighted by atomic mass is 10.2. The van der Waals surface area contributed by atoms with Crippen LogP contribution in [0.15, 0.2) is 47.4 Å². The van der Waals surface area contributed by atoms with E-state index in [1.165, 1.54) is 46.8 Å². The molecule has 0 aliphatic carbocycles. The molecule has 0 aromatic heterocycles. The van der Waals surface area contributed by atoms with Crippen LogP contribution in [0.25, 0.3) is 0 Å². The molecule has 0 aliphatic heterocycles. The van der Waals surface area contributed by atoms with Crippen LogP contribution < -0.4 is 10.1 Å². The molecule has 0 fully saturated rings. The number of nitrogens with zero attached hydrogens (tertiary/aromatic N) is 1. The Morgan fingerprint density at radius 1 is 1.11 bits per heavy atom. The number of halogens is 1. The third-order valence-electron chi connectivity index (χ3n) is 4.09. The zero-order chi connectivity index (χ0) is 20.7. The van der Waals surface area contributed by atoms with Gasteiger partial charge in [-0.3, -0.25) is 4.79 Å². The number of nitrogens with one attached hydrogen (secondary N) is 1. The van der Waals surface area contributed by atoms with E-state index in [9.17, 15) is 17.6 Å². The molecule has 0 unspecified atom stereocenters. The third kappa shape index (κ3) is 5.08. The normalized spacial score (nSPS) is 11.5. The molecule has 0 bridgehead atoms. The molecule has 2 aromatic carbocycles. The first-order valence-electron chi connectivity index (χ1n) is 9.17. The minimum absolute atomic E-state index is 0.0467. The number of amides is 1. The molecular weight excluding hydrogens is 383 g/mol. The maximum atomic E-state index is 13.5. The van der Waals surface area contributed by atoms with Gasteiger partial charge in [0.05, 0.1) is 17.2 Å². The quantitative estimate of drug-likeness (QED) is 0.683. The number of hydrogen-bond donors (Lipinski definition) is 1. The average Bonchev–Trinajstić information content (AvgIpc) is 2.68. The number of hydrogen-bond acceptors (Lipinski definition) is 4. The Balaban J connectivity index is 2.29. The predicted molar refractivity (Wildman–Crippen MR) is 107 cm³/mol. The highest BCUT2D eigenvalue weighted by Gasteiger charge is 2.22. The summed E-state index contributed by atoms with van der Waals surface area (Å²) in [5.74, 6) is -0.761. The topological polar surface area (TPSA) is 75.7 Å². The molecule has 2 aromatic rings. The fraction of sp³-hybridized carbons (Fsp3) is 0.350. The molecule has 0 saturated heterocycles. The lowest BCUT2D eigenvalue weighted by Crippen LogP contribution is -2.30. The van der Waals surface area contributed by atoms with Crippen molar-refractivity contribution in [3.63, 3.8) is 0 Å². The molecule has 0 atom stereocenters. The van der Waals surface area contributed by atoms with Crippen LogP contribution in [0.5, 0.6) is 5.75 Å². The first-order chi connectivity index (χ1) is 13.3. The van der Waals surface area contributed by atoms with Gasteiger partial charge in [-0.05, 0) is 36.8 Å². The summed E-state index contributed by atoms with van der Waals surface area (Å²) in [6.45, 7) is 6.48. The number of carbonyl (C=O) groups is 1. The molecule has 0 saturated carbocycles. The number of sulfonamides is 1. The Hall–Kier alpha value is -2.45. The number of ether oxygens (including phenoxy) is 1. The highest BCUT2D eigenvalue weighted by molar-refractivity contribution is 7.89. The van der Waals surface area contributed by atoms with Crippen LogP contribution in [0, 0.1) is 5.82 Å². The monoisotopic (exact) mass is 408 g/mol. The van der Waals surface area contributed by atoms with E-state index < -0.39 is 21.7 Å². The number of carbonyl (C=O) groups excluding carboxylic acids is 1. The van der Waals surface area contributed by atoms with E-state index in [0.29, 0.717) is 25.4 Å². The Labute approximate surface area is 165 Å². The second-order valence-corrected chi connectivity index (χ2v) is 8.00. The van der Waals surface area contributed by atoms with Gasteiger partial charge in [-0.25, -0.2) is 12.8 Å². The molecule has 0 heterocycles. The standard InChI is InChI=1S/C20H25FN2O4S/c1-4-12-27-19-14-16(21)10-11-18(19)22-20(24)15-8-7-9-17(13-15)28(25,26)23(5-2)6-3/h7-11,13-14H,4-6,12H2,1-3H3,(H,22,24). The van der Waals surface area contributed by atoms with Crippen LogP contribution in [-0.4, -0.2) is 38.3 Å². The van der Waals surface area contributed by atoms with E-state index in [1.807, 2.05) is 6.92 Å². The Morgan fingerprint density at radius 3 is 2.46 bits per heavy atom. The molecular formula is C20H25FN2O4S. The van der Waals surface area contributed by atoms with Crippen molar-refractivity contribution in [3.05, 3.63) is 53.8 Å². The van der Waals surface area contributed by atoms with Gasteiger partial charge in [-0.2, -0.15) is 4.31 Å². The molecule has 1 amide bonds. The van der Waals surface area contributed by atoms with E-state index in [2.05, 4.69) is 5.32 Å². The van der Waals surface area contributed by atoms with Crippen LogP contribution >= 0.6 is 0 Å². The van der Waals surface area contributed by atoms with E-state index >= 15 is 0 Å². The van der Waals surface area contributed by atoms with Crippen molar-refractivity contribution in [1.82, 2.24) is 4.31 Å². The van der Waals surface area contributed by atoms with Crippen LogP contribution in [0.2, 0.25) is 0 Å². The average molecular weight is 408 g/mol. The van der Waals surface area contributed by atoms with Gasteiger partial charge >= 0.3 is 0 Å². The van der Waals surface area contributed by atoms with Gasteiger partial charge in [0.1, 0.15) is 11.6 Å². The van der Waals surface area contributed by atoms with Gasteiger partial charge in [0, 0.05) is 24.7 Å². The summed E-state index contributed by atoms with van der Waals surface area (Å²) in [5, 5.41) is 2.66. The Bertz CT molecular complexity index is 928. The molecule has 28 heavy (non-hydrogen) atoms. The SMILES string of the molecule is CCCOc1cc(F)ccc1NC(=O)c1cccc(S(=O)(=O)N(CC)CC)c1. The van der Waals surface area contributed by atoms with E-state index in [0.717, 1.165) is 6.42 Å². The van der Waals surface area contributed by atoms with Gasteiger partial charge in [-0.1, -0.05) is 26.8 Å². The maximum absolute atomic E-state index is 13.5. The molecule has 2 rings (SSSR count). The van der Waals surface area contributed by atoms with Crippen LogP contribution in [-0.2, 0) is 10.0 Å². The van der Waals surface area contributed by atoms with Crippen LogP contribution in [0.4, 0.5) is 10.1 Å². The molecule has 0 aliphatic rings. The molecule has 6 nitrogen and oxygen atoms in total. The second-order valence-electron chi connectivity index (χ2n) is 6.06. The van der Waals surface area contributed by atoms with Crippen molar-refractivity contribution in [1.29, 1.82) is 0 Å². The van der Waals surface area contributed by atoms with E-state index in [1.54, 1.807) is 13.8 Å². The minimum atomic E-state index is -3.68. The Morgan fingerprint density at radius 2 is 1.82 bits per heavy atom. The molecule has 0 spiro atoms. The lowest BCUT2D eigenvalue weighted by molar-refractivity contribution is 0.102. The number of rotatable bonds is 9. The highest BCUT2D eigenvalue weighted by Crippen LogP contribution is 2.26. The molecule has 0 radical (unpaired) electrons. The highest BCUT2D eigenvalue weighted by atomic mass is 32.2. The summed E-state index contributed by atoms with van der Waals surface area (Å²) in [5.41, 5.74) is 0.496. The van der Waals surface area contributed by atoms with Crippen molar-refractivity contribution in [2.75, 3.05) is 25.0 Å². The van der Waals surface area contributed by atoms with Crippen molar-refractivity contribution in [2.24, 2.45) is 0 Å². The third-order valence-corrected chi connectivity index (χ3v) is 6.14. The summed E-state index contributed by atoms with van der Waals surface area (Å²) < 4.78 is 45.6. The van der Waals surface area contributed by atoms with Crippen molar-refractivity contribution < 1.29 is 22.3 Å². The molecule has 8 heteroatoms. The van der Waals surface area contributed by atoms with Crippen molar-refractivity contribution >= 4 is 21.6 Å². The van der Waals surface area contributed by atoms with Gasteiger partial charge in [0.25, 0.3) is 5.91 Å². The lowest BCUT2D eigenvalue weighted by Gasteiger charge is -2.18. The summed E-state index contributed by atoms with van der Waals surface area (Å²) in [6, 6.07) is 9.66. The maximum Gasteiger partial charge on any atom is 0.255 e. The van der Waals surface area contributed by atoms with Crippen LogP contribution in [0.3, 0.4) is 0 Å². The van der Waals surface area contributed by atoms with E-state index in [-0.39, 0.29) is 16.2 Å². The zero-order valence-electron chi connectivity index (χ0n) is 16.2. The van der Waals surface area contributed by atoms with Gasteiger partial charge < -0.3 is 10.1 Å². The number of benzene rings is 2. The fourth-order valence-electron chi connectivity index (χ4n) is 2.64. The summed E-state index contributed by atoms with van der Waals surface area (Å²) in [7, 11) is -3.68. The largest absolute Gasteiger partial charge is 0.491 e. The molecule has 152 valence electrons. The van der Waals surface area contributed by atoms with E-state index in [4.69, 9.17) is 4.74 Å². The summed E-state index contributed by atoms with van der Waals surface area (Å²) in [4.78, 5) is 12.7.